The van der Waals surface area contributed by atoms with E-state index in [9.17, 15) is 9.59 Å². The molecule has 0 aliphatic carbocycles. The number of aromatic carboxylic acids is 1. The Morgan fingerprint density at radius 3 is 2.23 bits per heavy atom. The van der Waals surface area contributed by atoms with Gasteiger partial charge in [-0.25, -0.2) is 9.59 Å². The number of halogens is 1. The van der Waals surface area contributed by atoms with Crippen molar-refractivity contribution in [1.29, 1.82) is 0 Å². The monoisotopic (exact) mass is 318 g/mol. The summed E-state index contributed by atoms with van der Waals surface area (Å²) in [5, 5.41) is 14.6. The summed E-state index contributed by atoms with van der Waals surface area (Å²) >= 11 is 5.77. The van der Waals surface area contributed by atoms with Gasteiger partial charge in [-0.15, -0.1) is 0 Å². The van der Waals surface area contributed by atoms with Gasteiger partial charge in [0, 0.05) is 10.7 Å². The van der Waals surface area contributed by atoms with Crippen LogP contribution in [0.4, 0.5) is 16.2 Å². The number of urea groups is 1. The van der Waals surface area contributed by atoms with Gasteiger partial charge in [0.2, 0.25) is 0 Å². The normalized spacial score (nSPS) is 10.1. The second-order valence-electron chi connectivity index (χ2n) is 4.95. The van der Waals surface area contributed by atoms with Crippen molar-refractivity contribution < 1.29 is 14.7 Å². The largest absolute Gasteiger partial charge is 0.478 e. The van der Waals surface area contributed by atoms with Crippen molar-refractivity contribution in [1.82, 2.24) is 0 Å². The van der Waals surface area contributed by atoms with Crippen molar-refractivity contribution in [2.45, 2.75) is 13.8 Å². The van der Waals surface area contributed by atoms with E-state index in [0.717, 1.165) is 11.1 Å². The first kappa shape index (κ1) is 15.9. The standard InChI is InChI=1S/C16H15ClN2O3/c1-9-5-10(2)7-12(6-9)18-16(22)19-14-4-3-11(17)8-13(14)15(20)21/h3-8H,1-2H3,(H,20,21)(H2,18,19,22). The van der Waals surface area contributed by atoms with Crippen molar-refractivity contribution in [2.75, 3.05) is 10.6 Å². The van der Waals surface area contributed by atoms with Crippen LogP contribution in [0.1, 0.15) is 21.5 Å². The molecule has 2 aromatic carbocycles. The zero-order chi connectivity index (χ0) is 16.3. The number of amides is 2. The predicted octanol–water partition coefficient (Wildman–Crippen LogP) is 4.30. The molecule has 0 saturated heterocycles. The highest BCUT2D eigenvalue weighted by molar-refractivity contribution is 6.31. The number of nitrogens with one attached hydrogen (secondary N) is 2. The summed E-state index contributed by atoms with van der Waals surface area (Å²) in [4.78, 5) is 23.2. The van der Waals surface area contributed by atoms with Crippen LogP contribution in [-0.2, 0) is 0 Å². The fourth-order valence-corrected chi connectivity index (χ4v) is 2.31. The number of carbonyl (C=O) groups excluding carboxylic acids is 1. The summed E-state index contributed by atoms with van der Waals surface area (Å²) in [6, 6.07) is 9.38. The lowest BCUT2D eigenvalue weighted by atomic mass is 10.1. The van der Waals surface area contributed by atoms with Gasteiger partial charge >= 0.3 is 12.0 Å². The van der Waals surface area contributed by atoms with Gasteiger partial charge in [-0.3, -0.25) is 0 Å². The topological polar surface area (TPSA) is 78.4 Å². The minimum atomic E-state index is -1.16. The minimum Gasteiger partial charge on any atom is -0.478 e. The third-order valence-corrected chi connectivity index (χ3v) is 3.17. The van der Waals surface area contributed by atoms with Crippen molar-refractivity contribution in [3.63, 3.8) is 0 Å². The first-order valence-corrected chi connectivity index (χ1v) is 6.92. The van der Waals surface area contributed by atoms with E-state index in [1.54, 1.807) is 0 Å². The molecule has 22 heavy (non-hydrogen) atoms. The Hall–Kier alpha value is -2.53. The van der Waals surface area contributed by atoms with Crippen molar-refractivity contribution in [2.24, 2.45) is 0 Å². The molecule has 0 aliphatic heterocycles. The van der Waals surface area contributed by atoms with E-state index in [2.05, 4.69) is 10.6 Å². The van der Waals surface area contributed by atoms with Crippen LogP contribution < -0.4 is 10.6 Å². The summed E-state index contributed by atoms with van der Waals surface area (Å²) in [6.45, 7) is 3.86. The summed E-state index contributed by atoms with van der Waals surface area (Å²) in [5.74, 6) is -1.16. The summed E-state index contributed by atoms with van der Waals surface area (Å²) in [5.41, 5.74) is 2.80. The van der Waals surface area contributed by atoms with Gasteiger partial charge in [0.15, 0.2) is 0 Å². The maximum absolute atomic E-state index is 12.0. The fourth-order valence-electron chi connectivity index (χ4n) is 2.13. The molecule has 2 amide bonds. The Morgan fingerprint density at radius 2 is 1.64 bits per heavy atom. The fraction of sp³-hybridized carbons (Fsp3) is 0.125. The average molecular weight is 319 g/mol. The minimum absolute atomic E-state index is 0.0666. The van der Waals surface area contributed by atoms with Gasteiger partial charge in [-0.2, -0.15) is 0 Å². The highest BCUT2D eigenvalue weighted by Crippen LogP contribution is 2.21. The van der Waals surface area contributed by atoms with Gasteiger partial charge < -0.3 is 15.7 Å². The van der Waals surface area contributed by atoms with E-state index in [-0.39, 0.29) is 16.3 Å². The first-order chi connectivity index (χ1) is 10.3. The summed E-state index contributed by atoms with van der Waals surface area (Å²) in [7, 11) is 0. The molecule has 0 bridgehead atoms. The molecule has 114 valence electrons. The zero-order valence-corrected chi connectivity index (χ0v) is 12.9. The molecule has 6 heteroatoms. The second kappa shape index (κ2) is 6.49. The number of carboxylic acid groups (broad SMARTS) is 1. The summed E-state index contributed by atoms with van der Waals surface area (Å²) in [6.07, 6.45) is 0. The highest BCUT2D eigenvalue weighted by atomic mass is 35.5. The van der Waals surface area contributed by atoms with E-state index in [1.165, 1.54) is 18.2 Å². The Morgan fingerprint density at radius 1 is 1.00 bits per heavy atom. The molecule has 0 unspecified atom stereocenters. The van der Waals surface area contributed by atoms with Crippen LogP contribution in [0.25, 0.3) is 0 Å². The number of benzene rings is 2. The van der Waals surface area contributed by atoms with Gasteiger partial charge in [0.1, 0.15) is 0 Å². The lowest BCUT2D eigenvalue weighted by molar-refractivity contribution is 0.0698. The van der Waals surface area contributed by atoms with Crippen molar-refractivity contribution in [3.8, 4) is 0 Å². The maximum atomic E-state index is 12.0. The molecular weight excluding hydrogens is 304 g/mol. The van der Waals surface area contributed by atoms with E-state index in [0.29, 0.717) is 5.69 Å². The van der Waals surface area contributed by atoms with Crippen LogP contribution in [0, 0.1) is 13.8 Å². The number of carboxylic acids is 1. The lowest BCUT2D eigenvalue weighted by Gasteiger charge is -2.11. The van der Waals surface area contributed by atoms with Crippen molar-refractivity contribution >= 4 is 35.0 Å². The first-order valence-electron chi connectivity index (χ1n) is 6.54. The number of aryl methyl sites for hydroxylation is 2. The second-order valence-corrected chi connectivity index (χ2v) is 5.39. The van der Waals surface area contributed by atoms with Gasteiger partial charge in [0.25, 0.3) is 0 Å². The number of rotatable bonds is 3. The van der Waals surface area contributed by atoms with Crippen LogP contribution >= 0.6 is 11.6 Å². The highest BCUT2D eigenvalue weighted by Gasteiger charge is 2.13. The Balaban J connectivity index is 2.17. The van der Waals surface area contributed by atoms with Gasteiger partial charge in [-0.05, 0) is 55.3 Å². The molecule has 0 spiro atoms. The molecule has 0 atom stereocenters. The number of anilines is 2. The third kappa shape index (κ3) is 3.99. The van der Waals surface area contributed by atoms with Crippen LogP contribution in [0.3, 0.4) is 0 Å². The average Bonchev–Trinajstić information content (AvgIpc) is 2.39. The smallest absolute Gasteiger partial charge is 0.337 e. The molecule has 0 aliphatic rings. The maximum Gasteiger partial charge on any atom is 0.337 e. The molecule has 0 fully saturated rings. The molecule has 2 aromatic rings. The van der Waals surface area contributed by atoms with Crippen LogP contribution in [0.15, 0.2) is 36.4 Å². The van der Waals surface area contributed by atoms with Crippen LogP contribution in [0.2, 0.25) is 5.02 Å². The molecule has 0 aromatic heterocycles. The quantitative estimate of drug-likeness (QED) is 0.789. The number of carbonyl (C=O) groups is 2. The SMILES string of the molecule is Cc1cc(C)cc(NC(=O)Nc2ccc(Cl)cc2C(=O)O)c1. The molecule has 0 heterocycles. The molecule has 0 radical (unpaired) electrons. The van der Waals surface area contributed by atoms with Gasteiger partial charge in [0.05, 0.1) is 11.3 Å². The molecule has 0 saturated carbocycles. The Labute approximate surface area is 132 Å². The van der Waals surface area contributed by atoms with E-state index < -0.39 is 12.0 Å². The molecule has 5 nitrogen and oxygen atoms in total. The molecule has 3 N–H and O–H groups in total. The van der Waals surface area contributed by atoms with Crippen LogP contribution in [-0.4, -0.2) is 17.1 Å². The van der Waals surface area contributed by atoms with E-state index in [4.69, 9.17) is 16.7 Å². The Bertz CT molecular complexity index is 724. The summed E-state index contributed by atoms with van der Waals surface area (Å²) < 4.78 is 0. The predicted molar refractivity (Wildman–Crippen MR) is 87.0 cm³/mol. The number of hydrogen-bond donors (Lipinski definition) is 3. The zero-order valence-electron chi connectivity index (χ0n) is 12.1. The van der Waals surface area contributed by atoms with E-state index in [1.807, 2.05) is 32.0 Å². The Kier molecular flexibility index (Phi) is 4.68. The van der Waals surface area contributed by atoms with Gasteiger partial charge in [-0.1, -0.05) is 17.7 Å². The van der Waals surface area contributed by atoms with Crippen molar-refractivity contribution in [3.05, 3.63) is 58.1 Å². The van der Waals surface area contributed by atoms with Crippen LogP contribution in [0.5, 0.6) is 0 Å². The number of hydrogen-bond acceptors (Lipinski definition) is 2. The molecule has 2 rings (SSSR count). The third-order valence-electron chi connectivity index (χ3n) is 2.94. The molecular formula is C16H15ClN2O3. The van der Waals surface area contributed by atoms with E-state index >= 15 is 0 Å². The lowest BCUT2D eigenvalue weighted by Crippen LogP contribution is -2.21.